The molecule has 0 unspecified atom stereocenters. The van der Waals surface area contributed by atoms with Crippen molar-refractivity contribution in [1.29, 1.82) is 0 Å². The molecule has 0 fully saturated rings. The zero-order valence-electron chi connectivity index (χ0n) is 28.6. The normalized spacial score (nSPS) is 12.1. The van der Waals surface area contributed by atoms with Gasteiger partial charge in [-0.05, 0) is 72.8 Å². The van der Waals surface area contributed by atoms with Crippen LogP contribution >= 0.6 is 0 Å². The fourth-order valence-electron chi connectivity index (χ4n) is 7.20. The monoisotopic (exact) mass is 840 g/mol. The molecule has 6 aromatic carbocycles. The molecule has 0 amide bonds. The van der Waals surface area contributed by atoms with E-state index in [1.165, 1.54) is 36.4 Å². The van der Waals surface area contributed by atoms with Crippen LogP contribution in [0.4, 0.5) is 0 Å². The molecular formula is C40H22N4NiO10S2. The summed E-state index contributed by atoms with van der Waals surface area (Å²) in [5.41, 5.74) is 1.45. The number of aromatic amines is 4. The Morgan fingerprint density at radius 2 is 0.649 bits per heavy atom. The Hall–Kier alpha value is -6.49. The minimum Gasteiger partial charge on any atom is -0.744 e. The second kappa shape index (κ2) is 13.3. The molecule has 10 rings (SSSR count). The van der Waals surface area contributed by atoms with Gasteiger partial charge >= 0.3 is 16.5 Å². The Bertz CT molecular complexity index is 3620. The minimum atomic E-state index is -4.78. The van der Waals surface area contributed by atoms with Gasteiger partial charge in [-0.1, -0.05) is 36.4 Å². The number of benzene rings is 6. The van der Waals surface area contributed by atoms with E-state index < -0.39 is 40.9 Å². The van der Waals surface area contributed by atoms with Crippen LogP contribution in [0.2, 0.25) is 0 Å². The zero-order chi connectivity index (χ0) is 39.3. The molecule has 4 N–H and O–H groups in total. The average molecular weight is 841 g/mol. The molecule has 57 heavy (non-hydrogen) atoms. The molecule has 0 aliphatic heterocycles. The van der Waals surface area contributed by atoms with E-state index in [-0.39, 0.29) is 71.0 Å². The molecule has 0 spiro atoms. The number of pyridine rings is 4. The third-order valence-corrected chi connectivity index (χ3v) is 11.5. The van der Waals surface area contributed by atoms with E-state index in [2.05, 4.69) is 19.9 Å². The summed E-state index contributed by atoms with van der Waals surface area (Å²) in [5.74, 6) is 0. The molecule has 0 atom stereocenters. The van der Waals surface area contributed by atoms with Crippen LogP contribution in [0.1, 0.15) is 0 Å². The third kappa shape index (κ3) is 6.09. The topological polar surface area (TPSA) is 246 Å². The SMILES string of the molecule is O=c1c2ccccc2[nH]c2cc3c(=O)c4cccc(S(=O)(=O)[O-])c4[nH]c3cc12.O=c1c2ccccc2[nH]c2cc3c(=O)c4cccc(S(=O)(=O)[O-])c4[nH]c3cc12.[Ni+2]. The van der Waals surface area contributed by atoms with Gasteiger partial charge in [-0.3, -0.25) is 19.2 Å². The van der Waals surface area contributed by atoms with Gasteiger partial charge in [0.25, 0.3) is 0 Å². The molecule has 4 aromatic heterocycles. The molecule has 0 aliphatic carbocycles. The van der Waals surface area contributed by atoms with Crippen molar-refractivity contribution < 1.29 is 42.4 Å². The number of aromatic nitrogens is 4. The maximum Gasteiger partial charge on any atom is 2.00 e. The first-order chi connectivity index (χ1) is 26.7. The minimum absolute atomic E-state index is 0. The number of H-pyrrole nitrogens is 4. The number of rotatable bonds is 2. The summed E-state index contributed by atoms with van der Waals surface area (Å²) in [6, 6.07) is 28.1. The van der Waals surface area contributed by atoms with E-state index in [4.69, 9.17) is 0 Å². The summed E-state index contributed by atoms with van der Waals surface area (Å²) in [6.07, 6.45) is 0. The first-order valence-corrected chi connectivity index (χ1v) is 19.5. The van der Waals surface area contributed by atoms with Crippen molar-refractivity contribution in [2.45, 2.75) is 9.79 Å². The van der Waals surface area contributed by atoms with Crippen LogP contribution in [0.15, 0.2) is 138 Å². The van der Waals surface area contributed by atoms with Crippen LogP contribution in [0.5, 0.6) is 0 Å². The zero-order valence-corrected chi connectivity index (χ0v) is 31.2. The van der Waals surface area contributed by atoms with Gasteiger partial charge in [0.2, 0.25) is 0 Å². The molecule has 0 saturated carbocycles. The number of para-hydroxylation sites is 4. The Kier molecular flexibility index (Phi) is 8.75. The molecule has 284 valence electrons. The smallest absolute Gasteiger partial charge is 0.744 e. The van der Waals surface area contributed by atoms with Crippen molar-refractivity contribution >= 4 is 107 Å². The van der Waals surface area contributed by atoms with Gasteiger partial charge in [0.15, 0.2) is 21.7 Å². The van der Waals surface area contributed by atoms with Crippen LogP contribution in [0, 0.1) is 0 Å². The molecule has 4 heterocycles. The molecule has 0 radical (unpaired) electrons. The molecule has 0 saturated heterocycles. The number of fused-ring (bicyclic) bond motifs is 8. The van der Waals surface area contributed by atoms with Gasteiger partial charge in [0, 0.05) is 54.1 Å². The van der Waals surface area contributed by atoms with Crippen LogP contribution in [-0.2, 0) is 36.7 Å². The van der Waals surface area contributed by atoms with Gasteiger partial charge in [-0.2, -0.15) is 0 Å². The molecular weight excluding hydrogens is 819 g/mol. The van der Waals surface area contributed by atoms with Gasteiger partial charge < -0.3 is 29.0 Å². The van der Waals surface area contributed by atoms with E-state index in [0.29, 0.717) is 43.6 Å². The fourth-order valence-corrected chi connectivity index (χ4v) is 8.51. The standard InChI is InChI=1S/2C20H12N2O5S.Ni/c2*23-19-10-4-1-2-6-14(10)21-15-8-13-16(9-12(15)19)22-18-11(20(13)24)5-3-7-17(18)28(25,26)27;/h2*1-9H,(H,21,23)(H,22,24)(H,25,26,27);/q;;+2/p-2. The quantitative estimate of drug-likeness (QED) is 0.101. The summed E-state index contributed by atoms with van der Waals surface area (Å²) < 4.78 is 69.4. The molecule has 0 bridgehead atoms. The van der Waals surface area contributed by atoms with Crippen molar-refractivity contribution in [3.05, 3.63) is 150 Å². The summed E-state index contributed by atoms with van der Waals surface area (Å²) in [6.45, 7) is 0. The van der Waals surface area contributed by atoms with E-state index in [1.54, 1.807) is 60.7 Å². The van der Waals surface area contributed by atoms with Crippen molar-refractivity contribution in [3.8, 4) is 0 Å². The second-order valence-electron chi connectivity index (χ2n) is 13.1. The largest absolute Gasteiger partial charge is 2.00 e. The molecule has 17 heteroatoms. The van der Waals surface area contributed by atoms with Crippen LogP contribution in [-0.4, -0.2) is 45.9 Å². The first-order valence-electron chi connectivity index (χ1n) is 16.7. The van der Waals surface area contributed by atoms with Gasteiger partial charge in [0.1, 0.15) is 20.2 Å². The van der Waals surface area contributed by atoms with E-state index >= 15 is 0 Å². The summed E-state index contributed by atoms with van der Waals surface area (Å²) in [4.78, 5) is 62.6. The third-order valence-electron chi connectivity index (χ3n) is 9.78. The van der Waals surface area contributed by atoms with Crippen molar-refractivity contribution in [3.63, 3.8) is 0 Å². The fraction of sp³-hybridized carbons (Fsp3) is 0. The Balaban J connectivity index is 0.000000157. The molecule has 0 aliphatic rings. The average Bonchev–Trinajstić information content (AvgIpc) is 3.17. The Labute approximate surface area is 328 Å². The summed E-state index contributed by atoms with van der Waals surface area (Å²) in [7, 11) is -9.56. The van der Waals surface area contributed by atoms with Crippen LogP contribution in [0.25, 0.3) is 87.2 Å². The van der Waals surface area contributed by atoms with Gasteiger partial charge in [-0.25, -0.2) is 16.8 Å². The van der Waals surface area contributed by atoms with E-state index in [1.807, 2.05) is 0 Å². The van der Waals surface area contributed by atoms with Crippen molar-refractivity contribution in [1.82, 2.24) is 19.9 Å². The van der Waals surface area contributed by atoms with Crippen LogP contribution < -0.4 is 21.7 Å². The van der Waals surface area contributed by atoms with E-state index in [9.17, 15) is 45.1 Å². The first kappa shape index (κ1) is 37.4. The summed E-state index contributed by atoms with van der Waals surface area (Å²) in [5, 5.41) is 2.45. The van der Waals surface area contributed by atoms with E-state index in [0.717, 1.165) is 12.1 Å². The van der Waals surface area contributed by atoms with Crippen molar-refractivity contribution in [2.75, 3.05) is 0 Å². The summed E-state index contributed by atoms with van der Waals surface area (Å²) >= 11 is 0. The predicted octanol–water partition coefficient (Wildman–Crippen LogP) is 5.16. The number of hydrogen-bond donors (Lipinski definition) is 4. The second-order valence-corrected chi connectivity index (χ2v) is 15.8. The number of hydrogen-bond acceptors (Lipinski definition) is 10. The molecule has 14 nitrogen and oxygen atoms in total. The Morgan fingerprint density at radius 1 is 0.351 bits per heavy atom. The number of nitrogens with one attached hydrogen (secondary N) is 4. The van der Waals surface area contributed by atoms with Crippen LogP contribution in [0.3, 0.4) is 0 Å². The predicted molar refractivity (Wildman–Crippen MR) is 211 cm³/mol. The Morgan fingerprint density at radius 3 is 1.00 bits per heavy atom. The van der Waals surface area contributed by atoms with Gasteiger partial charge in [0.05, 0.1) is 42.9 Å². The van der Waals surface area contributed by atoms with Crippen molar-refractivity contribution in [2.24, 2.45) is 0 Å². The maximum absolute atomic E-state index is 13.0. The van der Waals surface area contributed by atoms with Gasteiger partial charge in [-0.15, -0.1) is 0 Å². The maximum atomic E-state index is 13.0. The molecule has 10 aromatic rings.